The van der Waals surface area contributed by atoms with E-state index in [9.17, 15) is 4.79 Å². The molecule has 1 aliphatic heterocycles. The van der Waals surface area contributed by atoms with Crippen LogP contribution in [0.3, 0.4) is 0 Å². The number of fused-ring (bicyclic) bond motifs is 2. The van der Waals surface area contributed by atoms with Crippen LogP contribution < -0.4 is 5.32 Å². The third kappa shape index (κ3) is 1.97. The first kappa shape index (κ1) is 12.5. The summed E-state index contributed by atoms with van der Waals surface area (Å²) in [4.78, 5) is 30.5. The normalized spacial score (nSPS) is 12.5. The number of hydrogen-bond acceptors (Lipinski definition) is 6. The second kappa shape index (κ2) is 4.62. The van der Waals surface area contributed by atoms with E-state index in [4.69, 9.17) is 5.11 Å². The quantitative estimate of drug-likeness (QED) is 0.677. The topological polar surface area (TPSA) is 116 Å². The van der Waals surface area contributed by atoms with Crippen LogP contribution in [0.25, 0.3) is 11.0 Å². The van der Waals surface area contributed by atoms with E-state index in [1.54, 1.807) is 12.4 Å². The van der Waals surface area contributed by atoms with E-state index in [1.807, 2.05) is 6.07 Å². The number of carbonyl (C=O) groups is 1. The van der Waals surface area contributed by atoms with Crippen LogP contribution in [0.4, 0.5) is 11.6 Å². The number of carboxylic acids is 1. The molecule has 8 heteroatoms. The minimum Gasteiger partial charge on any atom is -0.477 e. The van der Waals surface area contributed by atoms with Crippen molar-refractivity contribution >= 4 is 34.9 Å². The molecular weight excluding hydrogens is 284 g/mol. The zero-order chi connectivity index (χ0) is 15.1. The summed E-state index contributed by atoms with van der Waals surface area (Å²) < 4.78 is 0. The minimum absolute atomic E-state index is 0.0626. The lowest BCUT2D eigenvalue weighted by Crippen LogP contribution is -1.99. The van der Waals surface area contributed by atoms with Crippen LogP contribution in [0.5, 0.6) is 0 Å². The summed E-state index contributed by atoms with van der Waals surface area (Å²) in [5, 5.41) is 12.7. The van der Waals surface area contributed by atoms with Crippen LogP contribution in [-0.2, 0) is 6.54 Å². The smallest absolute Gasteiger partial charge is 0.352 e. The fraction of sp³-hybridized carbons (Fsp3) is 0.0714. The van der Waals surface area contributed by atoms with Gasteiger partial charge in [-0.1, -0.05) is 0 Å². The lowest BCUT2D eigenvalue weighted by atomic mass is 10.2. The van der Waals surface area contributed by atoms with Crippen molar-refractivity contribution in [3.63, 3.8) is 0 Å². The molecular formula is C14H10N6O2. The number of H-pyrrole nitrogens is 1. The van der Waals surface area contributed by atoms with Gasteiger partial charge in [0.2, 0.25) is 0 Å². The van der Waals surface area contributed by atoms with Crippen molar-refractivity contribution < 1.29 is 9.90 Å². The Bertz CT molecular complexity index is 930. The molecule has 0 aromatic carbocycles. The van der Waals surface area contributed by atoms with Gasteiger partial charge in [-0.15, -0.1) is 0 Å². The first-order valence-corrected chi connectivity index (χ1v) is 6.53. The SMILES string of the molecule is O=C(O)c1cc2c(Nc3cc4c(cn3)CN=C4)ncnc2[nH]1. The molecule has 0 aliphatic carbocycles. The third-order valence-corrected chi connectivity index (χ3v) is 3.42. The van der Waals surface area contributed by atoms with Gasteiger partial charge in [-0.05, 0) is 12.1 Å². The Balaban J connectivity index is 1.75. The maximum Gasteiger partial charge on any atom is 0.352 e. The summed E-state index contributed by atoms with van der Waals surface area (Å²) >= 11 is 0. The molecule has 4 rings (SSSR count). The number of nitrogens with one attached hydrogen (secondary N) is 2. The highest BCUT2D eigenvalue weighted by molar-refractivity contribution is 5.97. The van der Waals surface area contributed by atoms with Crippen molar-refractivity contribution in [1.82, 2.24) is 19.9 Å². The second-order valence-corrected chi connectivity index (χ2v) is 4.84. The number of aromatic amines is 1. The monoisotopic (exact) mass is 294 g/mol. The van der Waals surface area contributed by atoms with Gasteiger partial charge in [0, 0.05) is 23.5 Å². The molecule has 0 unspecified atom stereocenters. The van der Waals surface area contributed by atoms with Crippen LogP contribution in [0.1, 0.15) is 21.6 Å². The minimum atomic E-state index is -1.05. The summed E-state index contributed by atoms with van der Waals surface area (Å²) in [6.07, 6.45) is 4.93. The highest BCUT2D eigenvalue weighted by atomic mass is 16.4. The molecule has 0 atom stereocenters. The first-order chi connectivity index (χ1) is 10.7. The van der Waals surface area contributed by atoms with Crippen molar-refractivity contribution in [2.45, 2.75) is 6.54 Å². The number of nitrogens with zero attached hydrogens (tertiary/aromatic N) is 4. The molecule has 0 bridgehead atoms. The zero-order valence-corrected chi connectivity index (χ0v) is 11.2. The van der Waals surface area contributed by atoms with Gasteiger partial charge >= 0.3 is 5.97 Å². The fourth-order valence-corrected chi connectivity index (χ4v) is 2.34. The molecule has 0 radical (unpaired) electrons. The Morgan fingerprint density at radius 1 is 1.27 bits per heavy atom. The molecule has 0 fully saturated rings. The number of aromatic carboxylic acids is 1. The zero-order valence-electron chi connectivity index (χ0n) is 11.2. The third-order valence-electron chi connectivity index (χ3n) is 3.42. The second-order valence-electron chi connectivity index (χ2n) is 4.84. The van der Waals surface area contributed by atoms with Gasteiger partial charge in [-0.25, -0.2) is 19.7 Å². The highest BCUT2D eigenvalue weighted by Gasteiger charge is 2.13. The molecule has 22 heavy (non-hydrogen) atoms. The number of rotatable bonds is 3. The summed E-state index contributed by atoms with van der Waals surface area (Å²) in [5.41, 5.74) is 2.61. The summed E-state index contributed by atoms with van der Waals surface area (Å²) in [6, 6.07) is 3.37. The van der Waals surface area contributed by atoms with Gasteiger partial charge in [0.1, 0.15) is 29.3 Å². The molecule has 0 amide bonds. The van der Waals surface area contributed by atoms with E-state index in [0.29, 0.717) is 29.2 Å². The number of aliphatic imine (C=N–C) groups is 1. The number of pyridine rings is 1. The van der Waals surface area contributed by atoms with Crippen molar-refractivity contribution in [2.75, 3.05) is 5.32 Å². The standard InChI is InChI=1S/C14H10N6O2/c21-14(22)10-2-9-12(19-10)17-6-18-13(9)20-11-1-7-3-15-4-8(7)5-16-11/h1-3,5-6H,4H2,(H,21,22)(H2,16,17,18,19,20). The maximum atomic E-state index is 11.0. The Morgan fingerprint density at radius 2 is 2.18 bits per heavy atom. The van der Waals surface area contributed by atoms with Crippen LogP contribution in [0, 0.1) is 0 Å². The van der Waals surface area contributed by atoms with Gasteiger partial charge in [-0.3, -0.25) is 4.99 Å². The average molecular weight is 294 g/mol. The van der Waals surface area contributed by atoms with Gasteiger partial charge in [-0.2, -0.15) is 0 Å². The Morgan fingerprint density at radius 3 is 3.05 bits per heavy atom. The number of aromatic nitrogens is 4. The van der Waals surface area contributed by atoms with Crippen LogP contribution in [-0.4, -0.2) is 37.2 Å². The van der Waals surface area contributed by atoms with Gasteiger partial charge in [0.25, 0.3) is 0 Å². The predicted octanol–water partition coefficient (Wildman–Crippen LogP) is 1.73. The van der Waals surface area contributed by atoms with E-state index >= 15 is 0 Å². The molecule has 0 saturated heterocycles. The molecule has 4 heterocycles. The molecule has 0 saturated carbocycles. The summed E-state index contributed by atoms with van der Waals surface area (Å²) in [5.74, 6) is 0.0668. The van der Waals surface area contributed by atoms with Gasteiger partial charge < -0.3 is 15.4 Å². The Hall–Kier alpha value is -3.29. The number of carboxylic acid groups (broad SMARTS) is 1. The highest BCUT2D eigenvalue weighted by Crippen LogP contribution is 2.24. The van der Waals surface area contributed by atoms with Crippen LogP contribution in [0.15, 0.2) is 29.6 Å². The first-order valence-electron chi connectivity index (χ1n) is 6.53. The van der Waals surface area contributed by atoms with Gasteiger partial charge in [0.05, 0.1) is 11.9 Å². The molecule has 3 aromatic heterocycles. The van der Waals surface area contributed by atoms with E-state index in [-0.39, 0.29) is 5.69 Å². The number of anilines is 2. The lowest BCUT2D eigenvalue weighted by Gasteiger charge is -2.06. The van der Waals surface area contributed by atoms with E-state index in [0.717, 1.165) is 11.1 Å². The molecule has 1 aliphatic rings. The Labute approximate surface area is 124 Å². The number of hydrogen-bond donors (Lipinski definition) is 3. The summed E-state index contributed by atoms with van der Waals surface area (Å²) in [7, 11) is 0. The molecule has 3 aromatic rings. The van der Waals surface area contributed by atoms with Crippen molar-refractivity contribution in [1.29, 1.82) is 0 Å². The van der Waals surface area contributed by atoms with Crippen molar-refractivity contribution in [3.8, 4) is 0 Å². The van der Waals surface area contributed by atoms with Crippen LogP contribution >= 0.6 is 0 Å². The predicted molar refractivity (Wildman–Crippen MR) is 79.7 cm³/mol. The van der Waals surface area contributed by atoms with Crippen molar-refractivity contribution in [2.24, 2.45) is 4.99 Å². The maximum absolute atomic E-state index is 11.0. The van der Waals surface area contributed by atoms with Gasteiger partial charge in [0.15, 0.2) is 0 Å². The Kier molecular flexibility index (Phi) is 2.62. The lowest BCUT2D eigenvalue weighted by molar-refractivity contribution is 0.0691. The van der Waals surface area contributed by atoms with E-state index in [2.05, 4.69) is 30.2 Å². The molecule has 8 nitrogen and oxygen atoms in total. The summed E-state index contributed by atoms with van der Waals surface area (Å²) in [6.45, 7) is 0.653. The molecule has 108 valence electrons. The van der Waals surface area contributed by atoms with E-state index in [1.165, 1.54) is 12.4 Å². The van der Waals surface area contributed by atoms with Crippen molar-refractivity contribution in [3.05, 3.63) is 41.5 Å². The average Bonchev–Trinajstić information content (AvgIpc) is 3.13. The molecule has 0 spiro atoms. The van der Waals surface area contributed by atoms with E-state index < -0.39 is 5.97 Å². The molecule has 3 N–H and O–H groups in total. The van der Waals surface area contributed by atoms with Crippen LogP contribution in [0.2, 0.25) is 0 Å². The fourth-order valence-electron chi connectivity index (χ4n) is 2.34. The largest absolute Gasteiger partial charge is 0.477 e.